The van der Waals surface area contributed by atoms with Crippen LogP contribution in [0.5, 0.6) is 0 Å². The Morgan fingerprint density at radius 1 is 1.21 bits per heavy atom. The van der Waals surface area contributed by atoms with Gasteiger partial charge in [-0.25, -0.2) is 4.79 Å². The van der Waals surface area contributed by atoms with Crippen LogP contribution in [0.4, 0.5) is 13.2 Å². The lowest BCUT2D eigenvalue weighted by molar-refractivity contribution is -0.137. The first kappa shape index (κ1) is 14.1. The van der Waals surface area contributed by atoms with Crippen LogP contribution in [0.25, 0.3) is 10.4 Å². The Bertz CT molecular complexity index is 634. The highest BCUT2D eigenvalue weighted by Crippen LogP contribution is 2.36. The third-order valence-electron chi connectivity index (χ3n) is 2.33. The van der Waals surface area contributed by atoms with Gasteiger partial charge in [0, 0.05) is 9.35 Å². The van der Waals surface area contributed by atoms with Crippen LogP contribution in [0.3, 0.4) is 0 Å². The van der Waals surface area contributed by atoms with Crippen LogP contribution in [0.1, 0.15) is 15.2 Å². The molecule has 1 aromatic carbocycles. The molecule has 0 bridgehead atoms. The van der Waals surface area contributed by atoms with Gasteiger partial charge < -0.3 is 5.11 Å². The summed E-state index contributed by atoms with van der Waals surface area (Å²) in [5.41, 5.74) is -0.443. The molecule has 19 heavy (non-hydrogen) atoms. The molecule has 0 unspecified atom stereocenters. The Morgan fingerprint density at radius 2 is 1.89 bits per heavy atom. The molecule has 100 valence electrons. The average molecular weight is 351 g/mol. The highest BCUT2D eigenvalue weighted by molar-refractivity contribution is 9.10. The fraction of sp³-hybridized carbons (Fsp3) is 0.0833. The number of alkyl halides is 3. The quantitative estimate of drug-likeness (QED) is 0.836. The maximum Gasteiger partial charge on any atom is 0.416 e. The molecule has 0 radical (unpaired) electrons. The standard InChI is InChI=1S/C12H6BrF3O2S/c13-8-4-6(3-7(5-8)12(14,15)16)9-1-2-10(19-9)11(17)18/h1-5H,(H,17,18). The third kappa shape index (κ3) is 3.16. The van der Waals surface area contributed by atoms with Gasteiger partial charge in [0.05, 0.1) is 5.56 Å². The molecular formula is C12H6BrF3O2S. The van der Waals surface area contributed by atoms with Gasteiger partial charge >= 0.3 is 12.1 Å². The van der Waals surface area contributed by atoms with Crippen molar-refractivity contribution in [1.82, 2.24) is 0 Å². The van der Waals surface area contributed by atoms with E-state index in [1.54, 1.807) is 0 Å². The van der Waals surface area contributed by atoms with Crippen LogP contribution in [0.2, 0.25) is 0 Å². The van der Waals surface area contributed by atoms with Gasteiger partial charge in [-0.1, -0.05) is 15.9 Å². The number of aromatic carboxylic acids is 1. The maximum absolute atomic E-state index is 12.7. The highest BCUT2D eigenvalue weighted by atomic mass is 79.9. The zero-order valence-electron chi connectivity index (χ0n) is 9.16. The molecule has 0 amide bonds. The van der Waals surface area contributed by atoms with Gasteiger partial charge in [0.15, 0.2) is 0 Å². The van der Waals surface area contributed by atoms with E-state index < -0.39 is 17.7 Å². The van der Waals surface area contributed by atoms with E-state index in [0.29, 0.717) is 14.9 Å². The van der Waals surface area contributed by atoms with E-state index >= 15 is 0 Å². The minimum absolute atomic E-state index is 0.0866. The van der Waals surface area contributed by atoms with Gasteiger partial charge in [-0.05, 0) is 35.9 Å². The van der Waals surface area contributed by atoms with Crippen molar-refractivity contribution in [2.24, 2.45) is 0 Å². The second-order valence-corrected chi connectivity index (χ2v) is 5.69. The fourth-order valence-corrected chi connectivity index (χ4v) is 2.83. The van der Waals surface area contributed by atoms with E-state index in [4.69, 9.17) is 5.11 Å². The minimum Gasteiger partial charge on any atom is -0.477 e. The molecule has 7 heteroatoms. The summed E-state index contributed by atoms with van der Waals surface area (Å²) in [5.74, 6) is -1.10. The van der Waals surface area contributed by atoms with Crippen LogP contribution < -0.4 is 0 Å². The molecule has 2 rings (SSSR count). The maximum atomic E-state index is 12.7. The second-order valence-electron chi connectivity index (χ2n) is 3.70. The van der Waals surface area contributed by atoms with Crippen molar-refractivity contribution in [2.45, 2.75) is 6.18 Å². The van der Waals surface area contributed by atoms with E-state index in [1.165, 1.54) is 18.2 Å². The molecule has 0 saturated carbocycles. The smallest absolute Gasteiger partial charge is 0.416 e. The van der Waals surface area contributed by atoms with Crippen molar-refractivity contribution < 1.29 is 23.1 Å². The number of carboxylic acids is 1. The molecule has 1 aromatic heterocycles. The zero-order chi connectivity index (χ0) is 14.2. The van der Waals surface area contributed by atoms with Crippen LogP contribution in [-0.2, 0) is 6.18 Å². The van der Waals surface area contributed by atoms with Crippen molar-refractivity contribution in [1.29, 1.82) is 0 Å². The number of hydrogen-bond donors (Lipinski definition) is 1. The summed E-state index contributed by atoms with van der Waals surface area (Å²) in [6, 6.07) is 6.37. The monoisotopic (exact) mass is 350 g/mol. The molecule has 0 aliphatic carbocycles. The van der Waals surface area contributed by atoms with Crippen molar-refractivity contribution in [3.8, 4) is 10.4 Å². The molecule has 0 fully saturated rings. The van der Waals surface area contributed by atoms with E-state index in [1.807, 2.05) is 0 Å². The number of rotatable bonds is 2. The Labute approximate surface area is 118 Å². The first-order chi connectivity index (χ1) is 8.77. The van der Waals surface area contributed by atoms with Crippen molar-refractivity contribution in [3.63, 3.8) is 0 Å². The van der Waals surface area contributed by atoms with Crippen LogP contribution in [0, 0.1) is 0 Å². The van der Waals surface area contributed by atoms with Gasteiger partial charge in [-0.3, -0.25) is 0 Å². The Hall–Kier alpha value is -1.34. The number of thiophene rings is 1. The fourth-order valence-electron chi connectivity index (χ4n) is 1.50. The molecule has 2 nitrogen and oxygen atoms in total. The normalized spacial score (nSPS) is 11.6. The van der Waals surface area contributed by atoms with Crippen LogP contribution >= 0.6 is 27.3 Å². The lowest BCUT2D eigenvalue weighted by Gasteiger charge is -2.09. The first-order valence-corrected chi connectivity index (χ1v) is 6.59. The van der Waals surface area contributed by atoms with Crippen molar-refractivity contribution in [3.05, 3.63) is 45.2 Å². The van der Waals surface area contributed by atoms with Crippen LogP contribution in [-0.4, -0.2) is 11.1 Å². The summed E-state index contributed by atoms with van der Waals surface area (Å²) in [7, 11) is 0. The number of benzene rings is 1. The SMILES string of the molecule is O=C(O)c1ccc(-c2cc(Br)cc(C(F)(F)F)c2)s1. The number of carboxylic acid groups (broad SMARTS) is 1. The minimum atomic E-state index is -4.44. The highest BCUT2D eigenvalue weighted by Gasteiger charge is 2.31. The molecule has 1 heterocycles. The number of hydrogen-bond acceptors (Lipinski definition) is 2. The lowest BCUT2D eigenvalue weighted by atomic mass is 10.1. The summed E-state index contributed by atoms with van der Waals surface area (Å²) in [6.07, 6.45) is -4.44. The van der Waals surface area contributed by atoms with Crippen LogP contribution in [0.15, 0.2) is 34.8 Å². The first-order valence-electron chi connectivity index (χ1n) is 4.98. The van der Waals surface area contributed by atoms with E-state index in [2.05, 4.69) is 15.9 Å². The molecule has 0 aliphatic heterocycles. The van der Waals surface area contributed by atoms with E-state index in [-0.39, 0.29) is 4.88 Å². The predicted molar refractivity (Wildman–Crippen MR) is 69.4 cm³/mol. The lowest BCUT2D eigenvalue weighted by Crippen LogP contribution is -2.04. The largest absolute Gasteiger partial charge is 0.477 e. The van der Waals surface area contributed by atoms with Crippen molar-refractivity contribution in [2.75, 3.05) is 0 Å². The van der Waals surface area contributed by atoms with Crippen molar-refractivity contribution >= 4 is 33.2 Å². The number of halogens is 4. The molecule has 0 saturated heterocycles. The van der Waals surface area contributed by atoms with Gasteiger partial charge in [-0.15, -0.1) is 11.3 Å². The predicted octanol–water partition coefficient (Wildman–Crippen LogP) is 4.89. The van der Waals surface area contributed by atoms with E-state index in [0.717, 1.165) is 23.5 Å². The summed E-state index contributed by atoms with van der Waals surface area (Å²) >= 11 is 3.96. The average Bonchev–Trinajstić information content (AvgIpc) is 2.76. The summed E-state index contributed by atoms with van der Waals surface area (Å²) in [6.45, 7) is 0. The molecule has 0 atom stereocenters. The summed E-state index contributed by atoms with van der Waals surface area (Å²) in [5, 5.41) is 8.80. The van der Waals surface area contributed by atoms with Gasteiger partial charge in [0.1, 0.15) is 4.88 Å². The molecule has 2 aromatic rings. The van der Waals surface area contributed by atoms with Gasteiger partial charge in [0.25, 0.3) is 0 Å². The molecule has 1 N–H and O–H groups in total. The summed E-state index contributed by atoms with van der Waals surface area (Å²) in [4.78, 5) is 11.3. The Kier molecular flexibility index (Phi) is 3.69. The number of carbonyl (C=O) groups is 1. The zero-order valence-corrected chi connectivity index (χ0v) is 11.6. The molecule has 0 aliphatic rings. The Morgan fingerprint density at radius 3 is 2.42 bits per heavy atom. The molecule has 0 spiro atoms. The van der Waals surface area contributed by atoms with E-state index in [9.17, 15) is 18.0 Å². The molecular weight excluding hydrogens is 345 g/mol. The third-order valence-corrected chi connectivity index (χ3v) is 3.91. The summed E-state index contributed by atoms with van der Waals surface area (Å²) < 4.78 is 38.4. The van der Waals surface area contributed by atoms with Gasteiger partial charge in [0.2, 0.25) is 0 Å². The Balaban J connectivity index is 2.50. The second kappa shape index (κ2) is 4.97. The van der Waals surface area contributed by atoms with Gasteiger partial charge in [-0.2, -0.15) is 13.2 Å². The topological polar surface area (TPSA) is 37.3 Å².